The molecule has 0 aliphatic rings. The van der Waals surface area contributed by atoms with Gasteiger partial charge in [-0.3, -0.25) is 0 Å². The minimum atomic E-state index is 0.0365. The summed E-state index contributed by atoms with van der Waals surface area (Å²) in [5.41, 5.74) is 0.0365. The molecule has 0 spiro atoms. The number of hydrogen-bond donors (Lipinski definition) is 0. The van der Waals surface area contributed by atoms with Gasteiger partial charge in [0, 0.05) is 19.8 Å². The minimum Gasteiger partial charge on any atom is -0.0807 e. The molecule has 0 saturated carbocycles. The molecule has 52 valence electrons. The molecule has 9 heavy (non-hydrogen) atoms. The highest BCUT2D eigenvalue weighted by Crippen LogP contribution is 2.20. The quantitative estimate of drug-likeness (QED) is 0.547. The molecule has 0 aromatic carbocycles. The lowest BCUT2D eigenvalue weighted by atomic mass is 9.94. The SMILES string of the molecule is C#[N+]C(C)(CC)CCC. The first-order chi connectivity index (χ1) is 4.18. The molecule has 1 nitrogen and oxygen atoms in total. The van der Waals surface area contributed by atoms with Crippen LogP contribution in [0.2, 0.25) is 0 Å². The van der Waals surface area contributed by atoms with Crippen molar-refractivity contribution >= 4 is 0 Å². The fourth-order valence-electron chi connectivity index (χ4n) is 0.871. The fourth-order valence-corrected chi connectivity index (χ4v) is 0.871. The normalized spacial score (nSPS) is 16.2. The van der Waals surface area contributed by atoms with Gasteiger partial charge in [-0.15, -0.1) is 0 Å². The Morgan fingerprint density at radius 1 is 1.44 bits per heavy atom. The Hall–Kier alpha value is -0.510. The Kier molecular flexibility index (Phi) is 3.30. The van der Waals surface area contributed by atoms with Crippen molar-refractivity contribution in [3.05, 3.63) is 4.85 Å². The van der Waals surface area contributed by atoms with Gasteiger partial charge in [0.2, 0.25) is 0 Å². The maximum absolute atomic E-state index is 5.23. The van der Waals surface area contributed by atoms with Crippen molar-refractivity contribution in [1.82, 2.24) is 0 Å². The van der Waals surface area contributed by atoms with Gasteiger partial charge in [-0.2, -0.15) is 0 Å². The van der Waals surface area contributed by atoms with Gasteiger partial charge >= 0.3 is 0 Å². The number of hydrogen-bond acceptors (Lipinski definition) is 0. The third-order valence-corrected chi connectivity index (χ3v) is 1.86. The van der Waals surface area contributed by atoms with E-state index in [0.717, 1.165) is 19.3 Å². The lowest BCUT2D eigenvalue weighted by Crippen LogP contribution is -2.17. The Morgan fingerprint density at radius 3 is 2.11 bits per heavy atom. The molecular formula is C8H16N+. The van der Waals surface area contributed by atoms with E-state index < -0.39 is 0 Å². The van der Waals surface area contributed by atoms with E-state index in [-0.39, 0.29) is 5.54 Å². The Labute approximate surface area is 57.9 Å². The van der Waals surface area contributed by atoms with E-state index in [9.17, 15) is 0 Å². The Balaban J connectivity index is 3.81. The van der Waals surface area contributed by atoms with Gasteiger partial charge in [0.05, 0.1) is 0 Å². The zero-order valence-electron chi connectivity index (χ0n) is 6.65. The molecule has 0 aliphatic heterocycles. The van der Waals surface area contributed by atoms with Gasteiger partial charge in [-0.1, -0.05) is 18.7 Å². The summed E-state index contributed by atoms with van der Waals surface area (Å²) in [6, 6.07) is 0. The smallest absolute Gasteiger partial charge is 0.0807 e. The molecule has 1 atom stereocenters. The van der Waals surface area contributed by atoms with Gasteiger partial charge in [0.15, 0.2) is 0 Å². The highest BCUT2D eigenvalue weighted by atomic mass is 14.8. The van der Waals surface area contributed by atoms with Crippen molar-refractivity contribution in [2.75, 3.05) is 0 Å². The molecule has 0 aromatic heterocycles. The average molecular weight is 126 g/mol. The first-order valence-corrected chi connectivity index (χ1v) is 3.60. The predicted molar refractivity (Wildman–Crippen MR) is 41.9 cm³/mol. The van der Waals surface area contributed by atoms with Gasteiger partial charge in [0.1, 0.15) is 0 Å². The summed E-state index contributed by atoms with van der Waals surface area (Å²) in [4.78, 5) is 3.83. The number of rotatable bonds is 3. The molecule has 0 aromatic rings. The molecule has 0 aliphatic carbocycles. The minimum absolute atomic E-state index is 0.0365. The molecule has 1 heteroatoms. The summed E-state index contributed by atoms with van der Waals surface area (Å²) < 4.78 is 0. The first kappa shape index (κ1) is 8.49. The summed E-state index contributed by atoms with van der Waals surface area (Å²) in [6.07, 6.45) is 3.29. The Bertz CT molecular complexity index is 112. The van der Waals surface area contributed by atoms with Crippen LogP contribution in [0, 0.1) is 6.57 Å². The molecule has 0 radical (unpaired) electrons. The predicted octanol–water partition coefficient (Wildman–Crippen LogP) is 2.92. The summed E-state index contributed by atoms with van der Waals surface area (Å²) in [6.45, 7) is 11.6. The van der Waals surface area contributed by atoms with Gasteiger partial charge < -0.3 is 0 Å². The molecular weight excluding hydrogens is 110 g/mol. The third-order valence-electron chi connectivity index (χ3n) is 1.86. The second-order valence-corrected chi connectivity index (χ2v) is 2.73. The summed E-state index contributed by atoms with van der Waals surface area (Å²) in [5.74, 6) is 0. The van der Waals surface area contributed by atoms with Crippen LogP contribution in [0.25, 0.3) is 4.85 Å². The van der Waals surface area contributed by atoms with Crippen LogP contribution in [0.1, 0.15) is 40.0 Å². The first-order valence-electron chi connectivity index (χ1n) is 3.60. The van der Waals surface area contributed by atoms with E-state index >= 15 is 0 Å². The molecule has 0 amide bonds. The summed E-state index contributed by atoms with van der Waals surface area (Å²) >= 11 is 0. The van der Waals surface area contributed by atoms with E-state index in [1.165, 1.54) is 0 Å². The van der Waals surface area contributed by atoms with Crippen LogP contribution in [0.15, 0.2) is 0 Å². The molecule has 0 fully saturated rings. The van der Waals surface area contributed by atoms with Crippen molar-refractivity contribution < 1.29 is 0 Å². The highest BCUT2D eigenvalue weighted by Gasteiger charge is 2.29. The number of nitrogens with zero attached hydrogens (tertiary/aromatic N) is 1. The molecule has 0 heterocycles. The molecule has 0 N–H and O–H groups in total. The van der Waals surface area contributed by atoms with Crippen molar-refractivity contribution in [2.45, 2.75) is 45.6 Å². The van der Waals surface area contributed by atoms with Crippen molar-refractivity contribution in [1.29, 1.82) is 0 Å². The second kappa shape index (κ2) is 3.50. The third kappa shape index (κ3) is 2.51. The summed E-state index contributed by atoms with van der Waals surface area (Å²) in [7, 11) is 0. The van der Waals surface area contributed by atoms with E-state index in [4.69, 9.17) is 6.57 Å². The zero-order valence-corrected chi connectivity index (χ0v) is 6.65. The lowest BCUT2D eigenvalue weighted by Gasteiger charge is -2.07. The zero-order chi connectivity index (χ0) is 7.33. The summed E-state index contributed by atoms with van der Waals surface area (Å²) in [5, 5.41) is 0. The molecule has 0 saturated heterocycles. The van der Waals surface area contributed by atoms with E-state index in [2.05, 4.69) is 25.6 Å². The van der Waals surface area contributed by atoms with Gasteiger partial charge in [0.25, 0.3) is 12.1 Å². The molecule has 1 unspecified atom stereocenters. The highest BCUT2D eigenvalue weighted by molar-refractivity contribution is 4.94. The molecule has 0 rings (SSSR count). The van der Waals surface area contributed by atoms with Crippen LogP contribution >= 0.6 is 0 Å². The lowest BCUT2D eigenvalue weighted by molar-refractivity contribution is 0.486. The molecule has 0 bridgehead atoms. The average Bonchev–Trinajstić information content (AvgIpc) is 1.89. The second-order valence-electron chi connectivity index (χ2n) is 2.73. The van der Waals surface area contributed by atoms with Crippen molar-refractivity contribution in [2.24, 2.45) is 0 Å². The van der Waals surface area contributed by atoms with E-state index in [1.54, 1.807) is 0 Å². The fraction of sp³-hybridized carbons (Fsp3) is 0.875. The standard InChI is InChI=1S/C8H16N/c1-5-7-8(3,6-2)9-4/h4H,5-7H2,1-3H3/q+1. The van der Waals surface area contributed by atoms with E-state index in [0.29, 0.717) is 0 Å². The largest absolute Gasteiger partial charge is 0.277 e. The van der Waals surface area contributed by atoms with Crippen LogP contribution in [-0.2, 0) is 0 Å². The van der Waals surface area contributed by atoms with Crippen LogP contribution in [-0.4, -0.2) is 5.54 Å². The monoisotopic (exact) mass is 126 g/mol. The van der Waals surface area contributed by atoms with E-state index in [1.807, 2.05) is 0 Å². The van der Waals surface area contributed by atoms with Crippen LogP contribution in [0.5, 0.6) is 0 Å². The van der Waals surface area contributed by atoms with Crippen molar-refractivity contribution in [3.63, 3.8) is 0 Å². The van der Waals surface area contributed by atoms with Crippen LogP contribution < -0.4 is 0 Å². The Morgan fingerprint density at radius 2 is 2.00 bits per heavy atom. The van der Waals surface area contributed by atoms with Crippen molar-refractivity contribution in [3.8, 4) is 6.57 Å². The van der Waals surface area contributed by atoms with Crippen LogP contribution in [0.4, 0.5) is 0 Å². The van der Waals surface area contributed by atoms with Gasteiger partial charge in [-0.05, 0) is 6.42 Å². The van der Waals surface area contributed by atoms with Gasteiger partial charge in [-0.25, -0.2) is 0 Å². The van der Waals surface area contributed by atoms with Crippen LogP contribution in [0.3, 0.4) is 0 Å². The topological polar surface area (TPSA) is 4.36 Å². The maximum atomic E-state index is 5.23. The maximum Gasteiger partial charge on any atom is 0.277 e.